The van der Waals surface area contributed by atoms with Gasteiger partial charge < -0.3 is 27.6 Å². The summed E-state index contributed by atoms with van der Waals surface area (Å²) in [6, 6.07) is -0.924. The second kappa shape index (κ2) is 6.87. The lowest BCUT2D eigenvalue weighted by atomic mass is 10.2. The molecule has 72 valence electrons. The Morgan fingerprint density at radius 1 is 1.33 bits per heavy atom. The number of hydrogen-bond acceptors (Lipinski definition) is 5. The number of carbonyl (C=O) groups is 2. The molecule has 0 aliphatic carbocycles. The van der Waals surface area contributed by atoms with Gasteiger partial charge >= 0.3 is 11.9 Å². The Morgan fingerprint density at radius 3 is 2.17 bits per heavy atom. The van der Waals surface area contributed by atoms with Crippen molar-refractivity contribution in [1.29, 1.82) is 0 Å². The van der Waals surface area contributed by atoms with E-state index in [9.17, 15) is 9.59 Å². The molecule has 0 spiro atoms. The fourth-order valence-electron chi connectivity index (χ4n) is 0.498. The van der Waals surface area contributed by atoms with E-state index >= 15 is 0 Å². The zero-order chi connectivity index (χ0) is 8.85. The van der Waals surface area contributed by atoms with Crippen LogP contribution in [-0.4, -0.2) is 32.2 Å². The van der Waals surface area contributed by atoms with Crippen LogP contribution in [0.25, 0.3) is 0 Å². The maximum absolute atomic E-state index is 10.6. The molecule has 0 aliphatic rings. The Kier molecular flexibility index (Phi) is 7.88. The van der Waals surface area contributed by atoms with Gasteiger partial charge in [-0.3, -0.25) is 9.59 Å². The van der Waals surface area contributed by atoms with Crippen LogP contribution in [0.4, 0.5) is 0 Å². The topological polar surface area (TPSA) is 78.6 Å². The lowest BCUT2D eigenvalue weighted by Crippen LogP contribution is -3.00. The van der Waals surface area contributed by atoms with Crippen LogP contribution < -0.4 is 18.1 Å². The lowest BCUT2D eigenvalue weighted by molar-refractivity contribution is -0.148. The fourth-order valence-corrected chi connectivity index (χ4v) is 0.498. The summed E-state index contributed by atoms with van der Waals surface area (Å²) in [5.41, 5.74) is 5.23. The monoisotopic (exact) mass is 196 g/mol. The number of nitrogens with two attached hydrogens (primary N) is 1. The number of ether oxygens (including phenoxy) is 2. The van der Waals surface area contributed by atoms with Crippen molar-refractivity contribution < 1.29 is 31.5 Å². The molecule has 0 saturated carbocycles. The van der Waals surface area contributed by atoms with Gasteiger partial charge in [0.05, 0.1) is 20.6 Å². The van der Waals surface area contributed by atoms with Crippen molar-refractivity contribution >= 4 is 11.9 Å². The predicted molar refractivity (Wildman–Crippen MR) is 36.6 cm³/mol. The van der Waals surface area contributed by atoms with Gasteiger partial charge in [0.1, 0.15) is 6.04 Å². The van der Waals surface area contributed by atoms with E-state index in [1.54, 1.807) is 0 Å². The SMILES string of the molecule is COC(=O)C[C@H](N)C(=O)OC.[Cl-]. The van der Waals surface area contributed by atoms with E-state index in [0.29, 0.717) is 0 Å². The molecule has 0 aromatic carbocycles. The van der Waals surface area contributed by atoms with Gasteiger partial charge in [-0.2, -0.15) is 0 Å². The summed E-state index contributed by atoms with van der Waals surface area (Å²) in [6.45, 7) is 0. The summed E-state index contributed by atoms with van der Waals surface area (Å²) in [6.07, 6.45) is -0.150. The molecule has 0 unspecified atom stereocenters. The van der Waals surface area contributed by atoms with Crippen molar-refractivity contribution in [1.82, 2.24) is 0 Å². The van der Waals surface area contributed by atoms with E-state index in [1.807, 2.05) is 0 Å². The van der Waals surface area contributed by atoms with Gasteiger partial charge in [0.15, 0.2) is 0 Å². The molecule has 0 fully saturated rings. The molecular weight excluding hydrogens is 186 g/mol. The maximum atomic E-state index is 10.6. The van der Waals surface area contributed by atoms with Gasteiger partial charge in [0, 0.05) is 0 Å². The van der Waals surface area contributed by atoms with Crippen LogP contribution in [0, 0.1) is 0 Å². The van der Waals surface area contributed by atoms with E-state index in [4.69, 9.17) is 5.73 Å². The Labute approximate surface area is 76.6 Å². The van der Waals surface area contributed by atoms with Gasteiger partial charge in [-0.15, -0.1) is 0 Å². The quantitative estimate of drug-likeness (QED) is 0.467. The van der Waals surface area contributed by atoms with Crippen molar-refractivity contribution in [2.45, 2.75) is 12.5 Å². The molecule has 0 heterocycles. The normalized spacial score (nSPS) is 10.9. The Hall–Kier alpha value is -0.810. The Bertz CT molecular complexity index is 162. The highest BCUT2D eigenvalue weighted by atomic mass is 35.5. The molecular formula is C6H11ClNO4-. The summed E-state index contributed by atoms with van der Waals surface area (Å²) in [5, 5.41) is 0. The molecule has 2 N–H and O–H groups in total. The lowest BCUT2D eigenvalue weighted by Gasteiger charge is -2.06. The average Bonchev–Trinajstić information content (AvgIpc) is 2.02. The van der Waals surface area contributed by atoms with E-state index in [2.05, 4.69) is 9.47 Å². The van der Waals surface area contributed by atoms with Gasteiger partial charge in [0.25, 0.3) is 0 Å². The van der Waals surface area contributed by atoms with E-state index in [-0.39, 0.29) is 18.8 Å². The average molecular weight is 197 g/mol. The minimum absolute atomic E-state index is 0. The Morgan fingerprint density at radius 2 is 1.83 bits per heavy atom. The maximum Gasteiger partial charge on any atom is 0.323 e. The van der Waals surface area contributed by atoms with Crippen LogP contribution in [0.1, 0.15) is 6.42 Å². The van der Waals surface area contributed by atoms with Gasteiger partial charge in [0.2, 0.25) is 0 Å². The summed E-state index contributed by atoms with van der Waals surface area (Å²) in [5.74, 6) is -1.14. The van der Waals surface area contributed by atoms with Crippen molar-refractivity contribution in [3.63, 3.8) is 0 Å². The molecule has 6 heteroatoms. The molecule has 1 atom stereocenters. The van der Waals surface area contributed by atoms with E-state index in [1.165, 1.54) is 14.2 Å². The van der Waals surface area contributed by atoms with Crippen LogP contribution in [-0.2, 0) is 19.1 Å². The minimum Gasteiger partial charge on any atom is -1.00 e. The van der Waals surface area contributed by atoms with E-state index in [0.717, 1.165) is 0 Å². The number of rotatable bonds is 3. The predicted octanol–water partition coefficient (Wildman–Crippen LogP) is -3.95. The highest BCUT2D eigenvalue weighted by molar-refractivity contribution is 5.82. The summed E-state index contributed by atoms with van der Waals surface area (Å²) >= 11 is 0. The fraction of sp³-hybridized carbons (Fsp3) is 0.667. The second-order valence-corrected chi connectivity index (χ2v) is 1.91. The number of halogens is 1. The summed E-state index contributed by atoms with van der Waals surface area (Å²) in [7, 11) is 2.44. The van der Waals surface area contributed by atoms with Crippen molar-refractivity contribution in [2.75, 3.05) is 14.2 Å². The molecule has 0 amide bonds. The number of carbonyl (C=O) groups excluding carboxylic acids is 2. The molecule has 0 saturated heterocycles. The summed E-state index contributed by atoms with van der Waals surface area (Å²) < 4.78 is 8.57. The highest BCUT2D eigenvalue weighted by Gasteiger charge is 2.17. The first-order valence-corrected chi connectivity index (χ1v) is 3.02. The second-order valence-electron chi connectivity index (χ2n) is 1.91. The largest absolute Gasteiger partial charge is 1.00 e. The van der Waals surface area contributed by atoms with Crippen molar-refractivity contribution in [3.8, 4) is 0 Å². The third kappa shape index (κ3) is 4.92. The van der Waals surface area contributed by atoms with Crippen LogP contribution >= 0.6 is 0 Å². The molecule has 0 aromatic rings. The number of methoxy groups -OCH3 is 2. The molecule has 0 radical (unpaired) electrons. The number of hydrogen-bond donors (Lipinski definition) is 1. The third-order valence-electron chi connectivity index (χ3n) is 1.12. The standard InChI is InChI=1S/C6H11NO4.ClH/c1-10-5(8)3-4(7)6(9)11-2;/h4H,3,7H2,1-2H3;1H/p-1/t4-;/m0./s1. The minimum atomic E-state index is -0.924. The molecule has 12 heavy (non-hydrogen) atoms. The third-order valence-corrected chi connectivity index (χ3v) is 1.12. The van der Waals surface area contributed by atoms with Gasteiger partial charge in [-0.05, 0) is 0 Å². The van der Waals surface area contributed by atoms with Crippen molar-refractivity contribution in [2.24, 2.45) is 5.73 Å². The molecule has 5 nitrogen and oxygen atoms in total. The first-order chi connectivity index (χ1) is 5.11. The summed E-state index contributed by atoms with van der Waals surface area (Å²) in [4.78, 5) is 21.1. The van der Waals surface area contributed by atoms with Crippen molar-refractivity contribution in [3.05, 3.63) is 0 Å². The zero-order valence-electron chi connectivity index (χ0n) is 6.87. The smallest absolute Gasteiger partial charge is 0.323 e. The van der Waals surface area contributed by atoms with Crippen LogP contribution in [0.5, 0.6) is 0 Å². The first kappa shape index (κ1) is 13.8. The van der Waals surface area contributed by atoms with Crippen LogP contribution in [0.3, 0.4) is 0 Å². The van der Waals surface area contributed by atoms with Gasteiger partial charge in [-0.25, -0.2) is 0 Å². The van der Waals surface area contributed by atoms with Crippen LogP contribution in [0.2, 0.25) is 0 Å². The zero-order valence-corrected chi connectivity index (χ0v) is 7.63. The van der Waals surface area contributed by atoms with E-state index < -0.39 is 18.0 Å². The Balaban J connectivity index is 0. The molecule has 0 aliphatic heterocycles. The molecule has 0 rings (SSSR count). The number of esters is 2. The highest BCUT2D eigenvalue weighted by Crippen LogP contribution is 1.92. The molecule has 0 aromatic heterocycles. The molecule has 0 bridgehead atoms. The van der Waals surface area contributed by atoms with Gasteiger partial charge in [-0.1, -0.05) is 0 Å². The first-order valence-electron chi connectivity index (χ1n) is 3.02. The van der Waals surface area contributed by atoms with Crippen LogP contribution in [0.15, 0.2) is 0 Å².